The maximum Gasteiger partial charge on any atom is 0.143 e. The highest BCUT2D eigenvalue weighted by Crippen LogP contribution is 2.30. The second-order valence-corrected chi connectivity index (χ2v) is 5.61. The summed E-state index contributed by atoms with van der Waals surface area (Å²) in [6.07, 6.45) is 4.67. The lowest BCUT2D eigenvalue weighted by Gasteiger charge is -2.21. The minimum Gasteiger partial charge on any atom is -0.495 e. The van der Waals surface area contributed by atoms with Crippen LogP contribution >= 0.6 is 0 Å². The Labute approximate surface area is 127 Å². The number of methoxy groups -OCH3 is 1. The summed E-state index contributed by atoms with van der Waals surface area (Å²) in [5.74, 6) is 0.753. The summed E-state index contributed by atoms with van der Waals surface area (Å²) in [5.41, 5.74) is 1.50. The Morgan fingerprint density at radius 1 is 1.38 bits per heavy atom. The molecule has 1 aliphatic heterocycles. The van der Waals surface area contributed by atoms with E-state index in [0.29, 0.717) is 11.6 Å². The molecule has 1 atom stereocenters. The second kappa shape index (κ2) is 7.90. The van der Waals surface area contributed by atoms with Gasteiger partial charge in [-0.3, -0.25) is 0 Å². The molecule has 0 bridgehead atoms. The van der Waals surface area contributed by atoms with E-state index in [1.807, 2.05) is 18.2 Å². The number of hydrogen-bond donors (Lipinski definition) is 1. The molecule has 1 aromatic rings. The van der Waals surface area contributed by atoms with Gasteiger partial charge in [-0.1, -0.05) is 13.0 Å². The molecule has 4 heteroatoms. The summed E-state index contributed by atoms with van der Waals surface area (Å²) >= 11 is 0. The van der Waals surface area contributed by atoms with Crippen LogP contribution in [-0.2, 0) is 0 Å². The first-order valence-corrected chi connectivity index (χ1v) is 7.84. The molecule has 1 aliphatic rings. The summed E-state index contributed by atoms with van der Waals surface area (Å²) in [4.78, 5) is 2.54. The number of anilines is 1. The molecule has 21 heavy (non-hydrogen) atoms. The molecule has 114 valence electrons. The van der Waals surface area contributed by atoms with E-state index in [-0.39, 0.29) is 0 Å². The van der Waals surface area contributed by atoms with Crippen molar-refractivity contribution in [3.05, 3.63) is 23.8 Å². The van der Waals surface area contributed by atoms with Gasteiger partial charge in [-0.25, -0.2) is 0 Å². The first-order chi connectivity index (χ1) is 10.3. The molecule has 2 rings (SSSR count). The van der Waals surface area contributed by atoms with Gasteiger partial charge < -0.3 is 15.0 Å². The average molecular weight is 287 g/mol. The van der Waals surface area contributed by atoms with Gasteiger partial charge in [0.25, 0.3) is 0 Å². The minimum atomic E-state index is 0.412. The smallest absolute Gasteiger partial charge is 0.143 e. The van der Waals surface area contributed by atoms with Crippen molar-refractivity contribution in [2.45, 2.75) is 38.6 Å². The monoisotopic (exact) mass is 287 g/mol. The fourth-order valence-corrected chi connectivity index (χ4v) is 2.99. The molecule has 1 fully saturated rings. The number of hydrogen-bond acceptors (Lipinski definition) is 4. The number of para-hydroxylation sites is 1. The molecule has 1 N–H and O–H groups in total. The number of ether oxygens (including phenoxy) is 1. The van der Waals surface area contributed by atoms with Crippen LogP contribution < -0.4 is 10.1 Å². The number of benzene rings is 1. The zero-order valence-electron chi connectivity index (χ0n) is 13.1. The Balaban J connectivity index is 2.06. The SMILES string of the molecule is CCCN1CCCC(Nc2c(C#N)cccc2OC)CC1. The van der Waals surface area contributed by atoms with Crippen molar-refractivity contribution in [3.63, 3.8) is 0 Å². The van der Waals surface area contributed by atoms with Crippen molar-refractivity contribution in [3.8, 4) is 11.8 Å². The van der Waals surface area contributed by atoms with Gasteiger partial charge in [0.2, 0.25) is 0 Å². The third kappa shape index (κ3) is 4.12. The van der Waals surface area contributed by atoms with Gasteiger partial charge >= 0.3 is 0 Å². The van der Waals surface area contributed by atoms with Crippen LogP contribution in [0.1, 0.15) is 38.2 Å². The minimum absolute atomic E-state index is 0.412. The van der Waals surface area contributed by atoms with Gasteiger partial charge in [0.05, 0.1) is 18.4 Å². The third-order valence-corrected chi connectivity index (χ3v) is 4.08. The highest BCUT2D eigenvalue weighted by molar-refractivity contribution is 5.66. The molecule has 1 aromatic carbocycles. The Hall–Kier alpha value is -1.73. The van der Waals surface area contributed by atoms with Crippen LogP contribution in [-0.4, -0.2) is 37.7 Å². The van der Waals surface area contributed by atoms with E-state index >= 15 is 0 Å². The van der Waals surface area contributed by atoms with Crippen LogP contribution in [0.4, 0.5) is 5.69 Å². The number of nitrogens with one attached hydrogen (secondary N) is 1. The van der Waals surface area contributed by atoms with Crippen LogP contribution in [0.5, 0.6) is 5.75 Å². The van der Waals surface area contributed by atoms with Crippen LogP contribution in [0.25, 0.3) is 0 Å². The lowest BCUT2D eigenvalue weighted by Crippen LogP contribution is -2.27. The number of nitriles is 1. The summed E-state index contributed by atoms with van der Waals surface area (Å²) in [6.45, 7) is 5.73. The van der Waals surface area contributed by atoms with Crippen LogP contribution in [0.15, 0.2) is 18.2 Å². The van der Waals surface area contributed by atoms with Crippen molar-refractivity contribution in [2.24, 2.45) is 0 Å². The maximum atomic E-state index is 9.28. The number of rotatable bonds is 5. The molecular formula is C17H25N3O. The standard InChI is InChI=1S/C17H25N3O/c1-3-10-20-11-5-7-15(9-12-20)19-17-14(13-18)6-4-8-16(17)21-2/h4,6,8,15,19H,3,5,7,9-12H2,1-2H3. The van der Waals surface area contributed by atoms with Crippen molar-refractivity contribution in [2.75, 3.05) is 32.1 Å². The molecule has 0 spiro atoms. The summed E-state index contributed by atoms with van der Waals surface area (Å²) in [5, 5.41) is 12.8. The quantitative estimate of drug-likeness (QED) is 0.903. The molecule has 4 nitrogen and oxygen atoms in total. The van der Waals surface area contributed by atoms with Gasteiger partial charge in [-0.05, 0) is 50.9 Å². The van der Waals surface area contributed by atoms with Crippen LogP contribution in [0, 0.1) is 11.3 Å². The Morgan fingerprint density at radius 3 is 2.95 bits per heavy atom. The predicted molar refractivity (Wildman–Crippen MR) is 85.7 cm³/mol. The first-order valence-electron chi connectivity index (χ1n) is 7.84. The largest absolute Gasteiger partial charge is 0.495 e. The van der Waals surface area contributed by atoms with E-state index in [4.69, 9.17) is 4.74 Å². The first kappa shape index (κ1) is 15.7. The molecular weight excluding hydrogens is 262 g/mol. The van der Waals surface area contributed by atoms with Gasteiger partial charge in [0, 0.05) is 12.6 Å². The van der Waals surface area contributed by atoms with Crippen LogP contribution in [0.3, 0.4) is 0 Å². The highest BCUT2D eigenvalue weighted by Gasteiger charge is 2.19. The third-order valence-electron chi connectivity index (χ3n) is 4.08. The van der Waals surface area contributed by atoms with Crippen molar-refractivity contribution in [1.29, 1.82) is 5.26 Å². The van der Waals surface area contributed by atoms with Crippen LogP contribution in [0.2, 0.25) is 0 Å². The topological polar surface area (TPSA) is 48.3 Å². The molecule has 1 saturated heterocycles. The van der Waals surface area contributed by atoms with Crippen molar-refractivity contribution < 1.29 is 4.74 Å². The Kier molecular flexibility index (Phi) is 5.89. The summed E-state index contributed by atoms with van der Waals surface area (Å²) in [7, 11) is 1.65. The Morgan fingerprint density at radius 2 is 2.24 bits per heavy atom. The van der Waals surface area contributed by atoms with E-state index in [1.54, 1.807) is 7.11 Å². The normalized spacial score (nSPS) is 19.6. The van der Waals surface area contributed by atoms with E-state index in [1.165, 1.54) is 25.9 Å². The van der Waals surface area contributed by atoms with E-state index < -0.39 is 0 Å². The summed E-state index contributed by atoms with van der Waals surface area (Å²) in [6, 6.07) is 8.27. The Bertz CT molecular complexity index is 495. The van der Waals surface area contributed by atoms with Gasteiger partial charge in [0.1, 0.15) is 11.8 Å². The average Bonchev–Trinajstić information content (AvgIpc) is 2.73. The second-order valence-electron chi connectivity index (χ2n) is 5.61. The van der Waals surface area contributed by atoms with Gasteiger partial charge in [-0.2, -0.15) is 5.26 Å². The van der Waals surface area contributed by atoms with Gasteiger partial charge in [0.15, 0.2) is 0 Å². The lowest BCUT2D eigenvalue weighted by atomic mass is 10.1. The van der Waals surface area contributed by atoms with E-state index in [0.717, 1.165) is 30.8 Å². The summed E-state index contributed by atoms with van der Waals surface area (Å²) < 4.78 is 5.40. The number of nitrogens with zero attached hydrogens (tertiary/aromatic N) is 2. The zero-order valence-corrected chi connectivity index (χ0v) is 13.1. The molecule has 0 saturated carbocycles. The highest BCUT2D eigenvalue weighted by atomic mass is 16.5. The van der Waals surface area contributed by atoms with E-state index in [2.05, 4.69) is 23.2 Å². The number of likely N-dealkylation sites (tertiary alicyclic amines) is 1. The molecule has 0 radical (unpaired) electrons. The van der Waals surface area contributed by atoms with Gasteiger partial charge in [-0.15, -0.1) is 0 Å². The van der Waals surface area contributed by atoms with Crippen molar-refractivity contribution >= 4 is 5.69 Å². The molecule has 0 aromatic heterocycles. The molecule has 0 aliphatic carbocycles. The maximum absolute atomic E-state index is 9.28. The van der Waals surface area contributed by atoms with E-state index in [9.17, 15) is 5.26 Å². The predicted octanol–water partition coefficient (Wildman–Crippen LogP) is 3.24. The molecule has 0 amide bonds. The fraction of sp³-hybridized carbons (Fsp3) is 0.588. The fourth-order valence-electron chi connectivity index (χ4n) is 2.99. The molecule has 1 unspecified atom stereocenters. The molecule has 1 heterocycles. The van der Waals surface area contributed by atoms with Crippen molar-refractivity contribution in [1.82, 2.24) is 4.90 Å². The zero-order chi connectivity index (χ0) is 15.1. The lowest BCUT2D eigenvalue weighted by molar-refractivity contribution is 0.285.